The fourth-order valence-corrected chi connectivity index (χ4v) is 2.83. The molecule has 0 spiro atoms. The Bertz CT molecular complexity index is 428. The highest BCUT2D eigenvalue weighted by atomic mass is 35.5. The first kappa shape index (κ1) is 15.2. The van der Waals surface area contributed by atoms with Crippen molar-refractivity contribution in [3.8, 4) is 0 Å². The van der Waals surface area contributed by atoms with Gasteiger partial charge >= 0.3 is 0 Å². The third-order valence-electron chi connectivity index (χ3n) is 3.73. The van der Waals surface area contributed by atoms with E-state index in [0.717, 1.165) is 18.5 Å². The summed E-state index contributed by atoms with van der Waals surface area (Å²) >= 11 is 5.91. The van der Waals surface area contributed by atoms with Crippen LogP contribution in [0.1, 0.15) is 44.9 Å². The number of halogens is 1. The van der Waals surface area contributed by atoms with Crippen molar-refractivity contribution in [3.63, 3.8) is 0 Å². The monoisotopic (exact) mass is 294 g/mol. The molecule has 1 aromatic rings. The molecule has 1 aliphatic carbocycles. The molecule has 0 bridgehead atoms. The average Bonchev–Trinajstić information content (AvgIpc) is 2.67. The summed E-state index contributed by atoms with van der Waals surface area (Å²) in [5.41, 5.74) is 0.958. The highest BCUT2D eigenvalue weighted by Gasteiger charge is 2.14. The number of carbonyl (C=O) groups is 1. The van der Waals surface area contributed by atoms with Crippen LogP contribution in [0.5, 0.6) is 0 Å². The summed E-state index contributed by atoms with van der Waals surface area (Å²) in [6.45, 7) is 0.638. The molecule has 2 rings (SSSR count). The molecule has 20 heavy (non-hydrogen) atoms. The number of rotatable bonds is 5. The normalized spacial score (nSPS) is 16.4. The van der Waals surface area contributed by atoms with Gasteiger partial charge in [0.1, 0.15) is 0 Å². The molecule has 110 valence electrons. The molecule has 0 aliphatic heterocycles. The lowest BCUT2D eigenvalue weighted by atomic mass is 10.1. The lowest BCUT2D eigenvalue weighted by Gasteiger charge is -2.16. The third-order valence-corrected chi connectivity index (χ3v) is 3.96. The number of carbonyl (C=O) groups excluding carboxylic acids is 1. The van der Waals surface area contributed by atoms with E-state index in [-0.39, 0.29) is 5.91 Å². The molecule has 0 heterocycles. The zero-order chi connectivity index (χ0) is 14.2. The van der Waals surface area contributed by atoms with E-state index in [1.165, 1.54) is 25.7 Å². The summed E-state index contributed by atoms with van der Waals surface area (Å²) in [5.74, 6) is 0.145. The second-order valence-electron chi connectivity index (χ2n) is 5.44. The second-order valence-corrected chi connectivity index (χ2v) is 5.88. The van der Waals surface area contributed by atoms with Gasteiger partial charge in [0.2, 0.25) is 5.91 Å². The highest BCUT2D eigenvalue weighted by molar-refractivity contribution is 6.30. The van der Waals surface area contributed by atoms with Crippen LogP contribution in [0.25, 0.3) is 0 Å². The molecule has 0 radical (unpaired) electrons. The van der Waals surface area contributed by atoms with E-state index in [1.54, 1.807) is 0 Å². The van der Waals surface area contributed by atoms with Crippen molar-refractivity contribution in [2.24, 2.45) is 0 Å². The molecule has 0 saturated heterocycles. The second kappa shape index (κ2) is 8.15. The van der Waals surface area contributed by atoms with Crippen LogP contribution in [0.15, 0.2) is 24.3 Å². The Morgan fingerprint density at radius 2 is 1.95 bits per heavy atom. The number of hydrogen-bond acceptors (Lipinski definition) is 2. The Morgan fingerprint density at radius 3 is 2.65 bits per heavy atom. The van der Waals surface area contributed by atoms with E-state index < -0.39 is 0 Å². The first-order valence-corrected chi connectivity index (χ1v) is 7.90. The van der Waals surface area contributed by atoms with Crippen molar-refractivity contribution in [2.75, 3.05) is 11.9 Å². The summed E-state index contributed by atoms with van der Waals surface area (Å²) in [5, 5.41) is 7.08. The van der Waals surface area contributed by atoms with E-state index in [0.29, 0.717) is 24.0 Å². The molecule has 0 unspecified atom stereocenters. The molecular formula is C16H23ClN2O. The summed E-state index contributed by atoms with van der Waals surface area (Å²) < 4.78 is 0. The van der Waals surface area contributed by atoms with E-state index >= 15 is 0 Å². The van der Waals surface area contributed by atoms with E-state index in [4.69, 9.17) is 11.6 Å². The minimum Gasteiger partial charge on any atom is -0.384 e. The maximum atomic E-state index is 11.9. The fraction of sp³-hybridized carbons (Fsp3) is 0.562. The van der Waals surface area contributed by atoms with Crippen molar-refractivity contribution >= 4 is 23.2 Å². The maximum Gasteiger partial charge on any atom is 0.221 e. The Labute approximate surface area is 126 Å². The van der Waals surface area contributed by atoms with Crippen molar-refractivity contribution in [3.05, 3.63) is 29.3 Å². The molecule has 4 heteroatoms. The van der Waals surface area contributed by atoms with Gasteiger partial charge in [0.15, 0.2) is 0 Å². The Balaban J connectivity index is 1.67. The van der Waals surface area contributed by atoms with E-state index in [2.05, 4.69) is 10.6 Å². The average molecular weight is 295 g/mol. The number of hydrogen-bond donors (Lipinski definition) is 2. The van der Waals surface area contributed by atoms with Gasteiger partial charge < -0.3 is 10.6 Å². The largest absolute Gasteiger partial charge is 0.384 e. The van der Waals surface area contributed by atoms with Crippen molar-refractivity contribution in [1.82, 2.24) is 5.32 Å². The summed E-state index contributed by atoms with van der Waals surface area (Å²) in [7, 11) is 0. The van der Waals surface area contributed by atoms with Gasteiger partial charge in [-0.15, -0.1) is 0 Å². The smallest absolute Gasteiger partial charge is 0.221 e. The van der Waals surface area contributed by atoms with Gasteiger partial charge in [-0.1, -0.05) is 43.4 Å². The number of benzene rings is 1. The Kier molecular flexibility index (Phi) is 6.19. The maximum absolute atomic E-state index is 11.9. The van der Waals surface area contributed by atoms with Gasteiger partial charge in [0.05, 0.1) is 0 Å². The van der Waals surface area contributed by atoms with Gasteiger partial charge in [-0.2, -0.15) is 0 Å². The minimum atomic E-state index is 0.145. The lowest BCUT2D eigenvalue weighted by molar-refractivity contribution is -0.121. The topological polar surface area (TPSA) is 41.1 Å². The molecule has 1 saturated carbocycles. The summed E-state index contributed by atoms with van der Waals surface area (Å²) in [6, 6.07) is 7.94. The van der Waals surface area contributed by atoms with Gasteiger partial charge in [-0.3, -0.25) is 4.79 Å². The van der Waals surface area contributed by atoms with E-state index in [1.807, 2.05) is 24.3 Å². The van der Waals surface area contributed by atoms with Crippen LogP contribution in [0.3, 0.4) is 0 Å². The van der Waals surface area contributed by atoms with Crippen LogP contribution < -0.4 is 10.6 Å². The van der Waals surface area contributed by atoms with Gasteiger partial charge in [0.25, 0.3) is 0 Å². The van der Waals surface area contributed by atoms with Crippen LogP contribution in [-0.4, -0.2) is 18.5 Å². The molecule has 1 amide bonds. The molecule has 0 aromatic heterocycles. The lowest BCUT2D eigenvalue weighted by Crippen LogP contribution is -2.35. The number of anilines is 1. The zero-order valence-corrected chi connectivity index (χ0v) is 12.6. The van der Waals surface area contributed by atoms with Crippen LogP contribution in [0.4, 0.5) is 5.69 Å². The molecule has 1 aromatic carbocycles. The molecular weight excluding hydrogens is 272 g/mol. The first-order valence-electron chi connectivity index (χ1n) is 7.53. The van der Waals surface area contributed by atoms with Gasteiger partial charge in [-0.25, -0.2) is 0 Å². The zero-order valence-electron chi connectivity index (χ0n) is 11.8. The fourth-order valence-electron chi connectivity index (χ4n) is 2.64. The first-order chi connectivity index (χ1) is 9.74. The predicted molar refractivity (Wildman–Crippen MR) is 84.2 cm³/mol. The third kappa shape index (κ3) is 5.41. The molecule has 2 N–H and O–H groups in total. The molecule has 3 nitrogen and oxygen atoms in total. The Hall–Kier alpha value is -1.22. The van der Waals surface area contributed by atoms with Crippen LogP contribution in [-0.2, 0) is 4.79 Å². The quantitative estimate of drug-likeness (QED) is 0.807. The van der Waals surface area contributed by atoms with Gasteiger partial charge in [0, 0.05) is 29.7 Å². The van der Waals surface area contributed by atoms with Crippen molar-refractivity contribution < 1.29 is 4.79 Å². The van der Waals surface area contributed by atoms with Crippen LogP contribution >= 0.6 is 11.6 Å². The van der Waals surface area contributed by atoms with Crippen molar-refractivity contribution in [1.29, 1.82) is 0 Å². The SMILES string of the molecule is O=C(CCNc1cccc(Cl)c1)NC1CCCCCC1. The summed E-state index contributed by atoms with van der Waals surface area (Å²) in [4.78, 5) is 11.9. The van der Waals surface area contributed by atoms with Crippen LogP contribution in [0, 0.1) is 0 Å². The van der Waals surface area contributed by atoms with Crippen molar-refractivity contribution in [2.45, 2.75) is 51.0 Å². The van der Waals surface area contributed by atoms with E-state index in [9.17, 15) is 4.79 Å². The molecule has 0 atom stereocenters. The predicted octanol–water partition coefficient (Wildman–Crippen LogP) is 3.98. The number of amides is 1. The van der Waals surface area contributed by atoms with Crippen LogP contribution in [0.2, 0.25) is 5.02 Å². The minimum absolute atomic E-state index is 0.145. The molecule has 1 aliphatic rings. The molecule has 1 fully saturated rings. The standard InChI is InChI=1S/C16H23ClN2O/c17-13-6-5-9-15(12-13)18-11-10-16(20)19-14-7-3-1-2-4-8-14/h5-6,9,12,14,18H,1-4,7-8,10-11H2,(H,19,20). The highest BCUT2D eigenvalue weighted by Crippen LogP contribution is 2.17. The summed E-state index contributed by atoms with van der Waals surface area (Å²) in [6.07, 6.45) is 7.87. The number of nitrogens with one attached hydrogen (secondary N) is 2. The van der Waals surface area contributed by atoms with Gasteiger partial charge in [-0.05, 0) is 31.0 Å². The Morgan fingerprint density at radius 1 is 1.20 bits per heavy atom.